The van der Waals surface area contributed by atoms with Crippen LogP contribution < -0.4 is 10.9 Å². The first-order chi connectivity index (χ1) is 4.72. The zero-order chi connectivity index (χ0) is 7.56. The Labute approximate surface area is 56.1 Å². The van der Waals surface area contributed by atoms with E-state index < -0.39 is 5.95 Å². The van der Waals surface area contributed by atoms with Crippen LogP contribution in [0.2, 0.25) is 0 Å². The van der Waals surface area contributed by atoms with Crippen LogP contribution in [0.1, 0.15) is 0 Å². The summed E-state index contributed by atoms with van der Waals surface area (Å²) in [5.74, 6) is -0.666. The number of nitrogens with zero attached hydrogens (tertiary/aromatic N) is 2. The van der Waals surface area contributed by atoms with Crippen molar-refractivity contribution in [2.24, 2.45) is 4.99 Å². The van der Waals surface area contributed by atoms with Crippen molar-refractivity contribution in [3.8, 4) is 0 Å². The summed E-state index contributed by atoms with van der Waals surface area (Å²) < 4.78 is 24.3. The maximum absolute atomic E-state index is 12.2. The van der Waals surface area contributed by atoms with Crippen LogP contribution in [0.5, 0.6) is 0 Å². The number of hydrogen-bond donors (Lipinski definition) is 2. The van der Waals surface area contributed by atoms with Crippen LogP contribution in [-0.4, -0.2) is 18.2 Å². The van der Waals surface area contributed by atoms with E-state index in [0.717, 1.165) is 6.08 Å². The van der Waals surface area contributed by atoms with Gasteiger partial charge in [-0.15, -0.1) is 0 Å². The second-order valence-corrected chi connectivity index (χ2v) is 1.61. The Bertz CT molecular complexity index is 188. The van der Waals surface area contributed by atoms with Crippen LogP contribution in [-0.2, 0) is 0 Å². The molecule has 1 rings (SSSR count). The maximum Gasteiger partial charge on any atom is 0.208 e. The van der Waals surface area contributed by atoms with Crippen molar-refractivity contribution in [3.63, 3.8) is 0 Å². The van der Waals surface area contributed by atoms with Crippen LogP contribution in [0, 0.1) is 0 Å². The third-order valence-electron chi connectivity index (χ3n) is 0.922. The zero-order valence-electron chi connectivity index (χ0n) is 5.23. The van der Waals surface area contributed by atoms with Crippen molar-refractivity contribution < 1.29 is 8.87 Å². The molecule has 0 bridgehead atoms. The lowest BCUT2D eigenvalue weighted by molar-refractivity contribution is -0.0613. The number of halogens is 2. The van der Waals surface area contributed by atoms with E-state index in [1.54, 1.807) is 5.43 Å². The van der Waals surface area contributed by atoms with Gasteiger partial charge in [-0.05, 0) is 0 Å². The van der Waals surface area contributed by atoms with Gasteiger partial charge in [-0.1, -0.05) is 4.48 Å². The molecule has 1 aliphatic heterocycles. The molecule has 0 spiro atoms. The van der Waals surface area contributed by atoms with Gasteiger partial charge in [0.1, 0.15) is 5.84 Å². The first-order valence-electron chi connectivity index (χ1n) is 2.55. The molecule has 10 heavy (non-hydrogen) atoms. The van der Waals surface area contributed by atoms with Crippen LogP contribution in [0.4, 0.5) is 8.87 Å². The summed E-state index contributed by atoms with van der Waals surface area (Å²) >= 11 is 0. The maximum atomic E-state index is 12.2. The fourth-order valence-corrected chi connectivity index (χ4v) is 0.521. The highest BCUT2D eigenvalue weighted by Crippen LogP contribution is 1.98. The fraction of sp³-hybridized carbons (Fsp3) is 0.250. The Hall–Kier alpha value is -1.17. The van der Waals surface area contributed by atoms with Gasteiger partial charge in [-0.25, -0.2) is 5.43 Å². The lowest BCUT2D eigenvalue weighted by Gasteiger charge is -2.18. The smallest absolute Gasteiger partial charge is 0.208 e. The normalized spacial score (nSPS) is 23.5. The predicted octanol–water partition coefficient (Wildman–Crippen LogP) is 0.0349. The van der Waals surface area contributed by atoms with Crippen molar-refractivity contribution in [3.05, 3.63) is 12.0 Å². The fourth-order valence-electron chi connectivity index (χ4n) is 0.521. The quantitative estimate of drug-likeness (QED) is 0.376. The van der Waals surface area contributed by atoms with Gasteiger partial charge in [-0.2, -0.15) is 4.39 Å². The number of nitrogens with one attached hydrogen (secondary N) is 2. The summed E-state index contributed by atoms with van der Waals surface area (Å²) in [5, 5.41) is -0.113. The second kappa shape index (κ2) is 2.61. The summed E-state index contributed by atoms with van der Waals surface area (Å²) in [6.45, 7) is 0. The van der Waals surface area contributed by atoms with E-state index >= 15 is 0 Å². The zero-order valence-corrected chi connectivity index (χ0v) is 5.23. The summed E-state index contributed by atoms with van der Waals surface area (Å²) in [4.78, 5) is 3.52. The Kier molecular flexibility index (Phi) is 1.81. The number of rotatable bonds is 0. The minimum atomic E-state index is -0.790. The summed E-state index contributed by atoms with van der Waals surface area (Å²) in [7, 11) is 1.42. The molecule has 1 aliphatic rings. The third kappa shape index (κ3) is 1.41. The molecule has 0 fully saturated rings. The second-order valence-electron chi connectivity index (χ2n) is 1.61. The lowest BCUT2D eigenvalue weighted by Crippen LogP contribution is -2.47. The van der Waals surface area contributed by atoms with Crippen molar-refractivity contribution in [2.45, 2.75) is 0 Å². The molecule has 4 nitrogen and oxygen atoms in total. The van der Waals surface area contributed by atoms with E-state index in [-0.39, 0.29) is 11.2 Å². The highest BCUT2D eigenvalue weighted by atomic mass is 19.2. The number of hydrogen-bond acceptors (Lipinski definition) is 3. The molecule has 0 amide bonds. The third-order valence-corrected chi connectivity index (χ3v) is 0.922. The predicted molar refractivity (Wildman–Crippen MR) is 31.8 cm³/mol. The largest absolute Gasteiger partial charge is 0.271 e. The standard InChI is InChI=1S/C4H6F2N4/c1-7-4-2-3(5)8-10(6)9-4/h2,8H,1H3,(H,7,9). The van der Waals surface area contributed by atoms with E-state index in [0.29, 0.717) is 0 Å². The summed E-state index contributed by atoms with van der Waals surface area (Å²) in [6.07, 6.45) is 1.04. The van der Waals surface area contributed by atoms with Crippen molar-refractivity contribution in [1.82, 2.24) is 16.2 Å². The van der Waals surface area contributed by atoms with Gasteiger partial charge in [0.2, 0.25) is 5.95 Å². The Morgan fingerprint density at radius 2 is 2.30 bits per heavy atom. The molecule has 2 N–H and O–H groups in total. The lowest BCUT2D eigenvalue weighted by atomic mass is 10.5. The van der Waals surface area contributed by atoms with E-state index in [2.05, 4.69) is 10.4 Å². The highest BCUT2D eigenvalue weighted by molar-refractivity contribution is 5.93. The molecule has 6 heteroatoms. The SMILES string of the molecule is CN=C1C=C(F)NN(F)N1. The highest BCUT2D eigenvalue weighted by Gasteiger charge is 2.12. The average molecular weight is 148 g/mol. The monoisotopic (exact) mass is 148 g/mol. The minimum absolute atomic E-state index is 0.113. The van der Waals surface area contributed by atoms with Gasteiger partial charge in [-0.3, -0.25) is 10.4 Å². The van der Waals surface area contributed by atoms with E-state index in [4.69, 9.17) is 0 Å². The Balaban J connectivity index is 2.73. The molecule has 0 unspecified atom stereocenters. The minimum Gasteiger partial charge on any atom is -0.271 e. The summed E-state index contributed by atoms with van der Waals surface area (Å²) in [5.41, 5.74) is 3.80. The van der Waals surface area contributed by atoms with E-state index in [9.17, 15) is 8.87 Å². The Morgan fingerprint density at radius 1 is 1.60 bits per heavy atom. The van der Waals surface area contributed by atoms with Crippen molar-refractivity contribution >= 4 is 5.84 Å². The molecule has 0 aliphatic carbocycles. The molecule has 0 aromatic heterocycles. The van der Waals surface area contributed by atoms with Crippen molar-refractivity contribution in [2.75, 3.05) is 7.05 Å². The van der Waals surface area contributed by atoms with Gasteiger partial charge in [0.25, 0.3) is 0 Å². The van der Waals surface area contributed by atoms with Crippen molar-refractivity contribution in [1.29, 1.82) is 0 Å². The molecule has 0 aromatic carbocycles. The first-order valence-corrected chi connectivity index (χ1v) is 2.55. The van der Waals surface area contributed by atoms with E-state index in [1.807, 2.05) is 0 Å². The molecule has 1 heterocycles. The van der Waals surface area contributed by atoms with Crippen LogP contribution >= 0.6 is 0 Å². The summed E-state index contributed by atoms with van der Waals surface area (Å²) in [6, 6.07) is 0. The molecule has 0 saturated heterocycles. The van der Waals surface area contributed by atoms with Gasteiger partial charge < -0.3 is 0 Å². The Morgan fingerprint density at radius 3 is 2.80 bits per heavy atom. The van der Waals surface area contributed by atoms with Crippen LogP contribution in [0.15, 0.2) is 17.0 Å². The molecule has 0 aromatic rings. The van der Waals surface area contributed by atoms with Gasteiger partial charge in [0.05, 0.1) is 0 Å². The van der Waals surface area contributed by atoms with Crippen LogP contribution in [0.3, 0.4) is 0 Å². The van der Waals surface area contributed by atoms with Crippen LogP contribution in [0.25, 0.3) is 0 Å². The van der Waals surface area contributed by atoms with E-state index in [1.165, 1.54) is 7.05 Å². The molecular weight excluding hydrogens is 142 g/mol. The number of aliphatic imine (C=N–C) groups is 1. The molecular formula is C4H6F2N4. The topological polar surface area (TPSA) is 39.7 Å². The molecule has 0 saturated carbocycles. The number of hydrazine groups is 2. The molecule has 0 radical (unpaired) electrons. The average Bonchev–Trinajstić information content (AvgIpc) is 1.85. The van der Waals surface area contributed by atoms with Gasteiger partial charge in [0, 0.05) is 18.5 Å². The van der Waals surface area contributed by atoms with Gasteiger partial charge in [0.15, 0.2) is 0 Å². The van der Waals surface area contributed by atoms with Gasteiger partial charge >= 0.3 is 0 Å². The molecule has 56 valence electrons. The molecule has 0 atom stereocenters. The number of amidine groups is 1. The first kappa shape index (κ1) is 6.94.